The second kappa shape index (κ2) is 9.04. The number of amides is 1. The predicted molar refractivity (Wildman–Crippen MR) is 118 cm³/mol. The van der Waals surface area contributed by atoms with Gasteiger partial charge in [0.05, 0.1) is 11.6 Å². The van der Waals surface area contributed by atoms with Crippen LogP contribution in [-0.4, -0.2) is 73.9 Å². The fourth-order valence-corrected chi connectivity index (χ4v) is 4.01. The fourth-order valence-electron chi connectivity index (χ4n) is 4.01. The van der Waals surface area contributed by atoms with E-state index in [1.165, 1.54) is 4.90 Å². The minimum absolute atomic E-state index is 0.174. The molecule has 9 nitrogen and oxygen atoms in total. The number of piperazine rings is 1. The zero-order chi connectivity index (χ0) is 23.6. The first-order valence-electron chi connectivity index (χ1n) is 10.4. The Bertz CT molecular complexity index is 1070. The number of fused-ring (bicyclic) bond motifs is 1. The van der Waals surface area contributed by atoms with Gasteiger partial charge in [-0.05, 0) is 32.4 Å². The van der Waals surface area contributed by atoms with Crippen LogP contribution in [0.3, 0.4) is 0 Å². The molecule has 9 heteroatoms. The summed E-state index contributed by atoms with van der Waals surface area (Å²) in [7, 11) is 1.97. The minimum atomic E-state index is -1.38. The van der Waals surface area contributed by atoms with Crippen LogP contribution in [-0.2, 0) is 27.9 Å². The van der Waals surface area contributed by atoms with Crippen LogP contribution in [0.25, 0.3) is 10.9 Å². The molecule has 0 saturated carbocycles. The monoisotopic (exact) mass is 443 g/mol. The summed E-state index contributed by atoms with van der Waals surface area (Å²) in [6.45, 7) is 6.60. The van der Waals surface area contributed by atoms with Gasteiger partial charge in [0.25, 0.3) is 0 Å². The van der Waals surface area contributed by atoms with Crippen molar-refractivity contribution in [2.75, 3.05) is 19.6 Å². The van der Waals surface area contributed by atoms with Crippen LogP contribution < -0.4 is 0 Å². The Labute approximate surface area is 186 Å². The highest BCUT2D eigenvalue weighted by atomic mass is 16.6. The SMILES string of the molecule is Cn1cc(CN2CCN(C(=O)OC(C)(C)C)C(/C(=C\C(=O)O)C(=O)O)C2)c2ccccc21. The molecule has 3 rings (SSSR count). The van der Waals surface area contributed by atoms with Gasteiger partial charge >= 0.3 is 18.0 Å². The summed E-state index contributed by atoms with van der Waals surface area (Å²) >= 11 is 0. The molecule has 1 fully saturated rings. The zero-order valence-corrected chi connectivity index (χ0v) is 18.7. The van der Waals surface area contributed by atoms with Crippen molar-refractivity contribution in [3.63, 3.8) is 0 Å². The summed E-state index contributed by atoms with van der Waals surface area (Å²) in [6.07, 6.45) is 2.03. The third-order valence-corrected chi connectivity index (χ3v) is 5.35. The average molecular weight is 444 g/mol. The lowest BCUT2D eigenvalue weighted by atomic mass is 10.0. The molecule has 0 aliphatic carbocycles. The van der Waals surface area contributed by atoms with Crippen molar-refractivity contribution in [1.82, 2.24) is 14.4 Å². The number of para-hydroxylation sites is 1. The first-order valence-corrected chi connectivity index (χ1v) is 10.4. The molecule has 2 N–H and O–H groups in total. The van der Waals surface area contributed by atoms with E-state index >= 15 is 0 Å². The molecule has 32 heavy (non-hydrogen) atoms. The molecule has 0 radical (unpaired) electrons. The maximum Gasteiger partial charge on any atom is 0.410 e. The number of carboxylic acids is 2. The maximum absolute atomic E-state index is 12.8. The number of aryl methyl sites for hydroxylation is 1. The minimum Gasteiger partial charge on any atom is -0.478 e. The Balaban J connectivity index is 1.90. The summed E-state index contributed by atoms with van der Waals surface area (Å²) in [5.41, 5.74) is 1.04. The summed E-state index contributed by atoms with van der Waals surface area (Å²) in [5, 5.41) is 20.0. The molecule has 1 saturated heterocycles. The van der Waals surface area contributed by atoms with Crippen LogP contribution in [0.2, 0.25) is 0 Å². The standard InChI is InChI=1S/C23H29N3O6/c1-23(2,3)32-22(31)26-10-9-25(14-19(26)17(21(29)30)11-20(27)28)13-15-12-24(4)18-8-6-5-7-16(15)18/h5-8,11-12,19H,9-10,13-14H2,1-4H3,(H,27,28)(H,29,30)/b17-11+. The first kappa shape index (κ1) is 23.3. The molecule has 1 unspecified atom stereocenters. The predicted octanol–water partition coefficient (Wildman–Crippen LogP) is 2.70. The lowest BCUT2D eigenvalue weighted by Gasteiger charge is -2.41. The van der Waals surface area contributed by atoms with Gasteiger partial charge in [0.15, 0.2) is 0 Å². The van der Waals surface area contributed by atoms with Crippen LogP contribution in [0.15, 0.2) is 42.1 Å². The highest BCUT2D eigenvalue weighted by Crippen LogP contribution is 2.25. The number of rotatable bonds is 5. The number of ether oxygens (including phenoxy) is 1. The van der Waals surface area contributed by atoms with Crippen molar-refractivity contribution < 1.29 is 29.3 Å². The quantitative estimate of drug-likeness (QED) is 0.683. The van der Waals surface area contributed by atoms with Crippen molar-refractivity contribution in [3.05, 3.63) is 47.7 Å². The third-order valence-electron chi connectivity index (χ3n) is 5.35. The highest BCUT2D eigenvalue weighted by molar-refractivity contribution is 5.96. The van der Waals surface area contributed by atoms with E-state index < -0.39 is 29.7 Å². The number of carbonyl (C=O) groups excluding carboxylic acids is 1. The van der Waals surface area contributed by atoms with Crippen LogP contribution in [0, 0.1) is 0 Å². The number of benzene rings is 1. The van der Waals surface area contributed by atoms with Crippen molar-refractivity contribution in [1.29, 1.82) is 0 Å². The molecule has 0 spiro atoms. The smallest absolute Gasteiger partial charge is 0.410 e. The Morgan fingerprint density at radius 3 is 2.47 bits per heavy atom. The Hall–Kier alpha value is -3.33. The van der Waals surface area contributed by atoms with E-state index in [1.54, 1.807) is 20.8 Å². The van der Waals surface area contributed by atoms with Crippen LogP contribution >= 0.6 is 0 Å². The van der Waals surface area contributed by atoms with E-state index in [0.29, 0.717) is 19.2 Å². The van der Waals surface area contributed by atoms with E-state index in [4.69, 9.17) is 4.74 Å². The number of aromatic nitrogens is 1. The van der Waals surface area contributed by atoms with Crippen molar-refractivity contribution in [3.8, 4) is 0 Å². The zero-order valence-electron chi connectivity index (χ0n) is 18.7. The van der Waals surface area contributed by atoms with E-state index in [0.717, 1.165) is 16.5 Å². The second-order valence-electron chi connectivity index (χ2n) is 8.95. The lowest BCUT2D eigenvalue weighted by molar-refractivity contribution is -0.136. The topological polar surface area (TPSA) is 112 Å². The van der Waals surface area contributed by atoms with Gasteiger partial charge in [0.1, 0.15) is 5.60 Å². The molecule has 0 bridgehead atoms. The summed E-state index contributed by atoms with van der Waals surface area (Å²) in [4.78, 5) is 39.3. The average Bonchev–Trinajstić information content (AvgIpc) is 3.00. The molecule has 2 heterocycles. The van der Waals surface area contributed by atoms with E-state index in [2.05, 4.69) is 0 Å². The molecule has 1 aliphatic heterocycles. The van der Waals surface area contributed by atoms with Crippen LogP contribution in [0.1, 0.15) is 26.3 Å². The summed E-state index contributed by atoms with van der Waals surface area (Å²) in [6, 6.07) is 7.04. The Morgan fingerprint density at radius 2 is 1.84 bits per heavy atom. The number of hydrogen-bond acceptors (Lipinski definition) is 5. The molecule has 1 amide bonds. The summed E-state index contributed by atoms with van der Waals surface area (Å²) in [5.74, 6) is -2.75. The Kier molecular flexibility index (Phi) is 6.59. The third kappa shape index (κ3) is 5.28. The number of carboxylic acid groups (broad SMARTS) is 2. The van der Waals surface area contributed by atoms with E-state index in [-0.39, 0.29) is 18.7 Å². The summed E-state index contributed by atoms with van der Waals surface area (Å²) < 4.78 is 7.49. The first-order chi connectivity index (χ1) is 15.0. The van der Waals surface area contributed by atoms with E-state index in [1.807, 2.05) is 47.0 Å². The normalized spacial score (nSPS) is 18.1. The van der Waals surface area contributed by atoms with Gasteiger partial charge in [-0.3, -0.25) is 9.80 Å². The molecule has 1 aromatic carbocycles. The molecule has 1 aromatic heterocycles. The van der Waals surface area contributed by atoms with Gasteiger partial charge in [-0.2, -0.15) is 0 Å². The lowest BCUT2D eigenvalue weighted by Crippen LogP contribution is -2.57. The number of hydrogen-bond donors (Lipinski definition) is 2. The van der Waals surface area contributed by atoms with Gasteiger partial charge in [-0.15, -0.1) is 0 Å². The van der Waals surface area contributed by atoms with Crippen molar-refractivity contribution >= 4 is 28.9 Å². The van der Waals surface area contributed by atoms with Crippen LogP contribution in [0.4, 0.5) is 4.79 Å². The number of nitrogens with zero attached hydrogens (tertiary/aromatic N) is 3. The highest BCUT2D eigenvalue weighted by Gasteiger charge is 2.38. The Morgan fingerprint density at radius 1 is 1.16 bits per heavy atom. The largest absolute Gasteiger partial charge is 0.478 e. The maximum atomic E-state index is 12.8. The molecule has 2 aromatic rings. The van der Waals surface area contributed by atoms with E-state index in [9.17, 15) is 24.6 Å². The molecular weight excluding hydrogens is 414 g/mol. The fraction of sp³-hybridized carbons (Fsp3) is 0.435. The van der Waals surface area contributed by atoms with Crippen LogP contribution in [0.5, 0.6) is 0 Å². The second-order valence-corrected chi connectivity index (χ2v) is 8.95. The van der Waals surface area contributed by atoms with Gasteiger partial charge in [-0.25, -0.2) is 14.4 Å². The van der Waals surface area contributed by atoms with Crippen molar-refractivity contribution in [2.45, 2.75) is 39.0 Å². The number of aliphatic carboxylic acids is 2. The molecule has 172 valence electrons. The molecular formula is C23H29N3O6. The van der Waals surface area contributed by atoms with Crippen molar-refractivity contribution in [2.24, 2.45) is 7.05 Å². The van der Waals surface area contributed by atoms with Gasteiger partial charge in [0, 0.05) is 56.4 Å². The van der Waals surface area contributed by atoms with Gasteiger partial charge in [0.2, 0.25) is 0 Å². The van der Waals surface area contributed by atoms with Gasteiger partial charge in [-0.1, -0.05) is 18.2 Å². The molecule has 1 aliphatic rings. The number of carbonyl (C=O) groups is 3. The molecule has 1 atom stereocenters. The van der Waals surface area contributed by atoms with Gasteiger partial charge < -0.3 is 19.5 Å².